The fraction of sp³-hybridized carbons (Fsp3) is 0.286. The molecule has 2 aromatic heterocycles. The van der Waals surface area contributed by atoms with Crippen LogP contribution in [0.15, 0.2) is 24.5 Å². The van der Waals surface area contributed by atoms with E-state index in [4.69, 9.17) is 0 Å². The van der Waals surface area contributed by atoms with Gasteiger partial charge in [-0.3, -0.25) is 0 Å². The molecule has 1 N–H and O–H groups in total. The third-order valence-electron chi connectivity index (χ3n) is 1.20. The summed E-state index contributed by atoms with van der Waals surface area (Å²) in [7, 11) is 2.00. The van der Waals surface area contributed by atoms with Crippen LogP contribution >= 0.6 is 0 Å². The Morgan fingerprint density at radius 1 is 1.33 bits per heavy atom. The number of hydrogen-bond donors (Lipinski definition) is 1. The minimum atomic E-state index is 0.676. The highest BCUT2D eigenvalue weighted by Crippen LogP contribution is 1.80. The summed E-state index contributed by atoms with van der Waals surface area (Å²) >= 11 is 0. The minimum absolute atomic E-state index is 0.676. The van der Waals surface area contributed by atoms with Crippen molar-refractivity contribution >= 4 is 0 Å². The molecule has 0 saturated heterocycles. The van der Waals surface area contributed by atoms with E-state index in [-0.39, 0.29) is 0 Å². The van der Waals surface area contributed by atoms with Gasteiger partial charge in [-0.25, -0.2) is 0 Å². The molecule has 5 heteroatoms. The highest BCUT2D eigenvalue weighted by Gasteiger charge is 1.78. The van der Waals surface area contributed by atoms with Crippen molar-refractivity contribution in [2.24, 2.45) is 7.05 Å². The van der Waals surface area contributed by atoms with Crippen molar-refractivity contribution in [3.8, 4) is 0 Å². The number of nitrogens with one attached hydrogen (secondary N) is 1. The summed E-state index contributed by atoms with van der Waals surface area (Å²) in [6, 6.07) is 4.00. The number of hydrogen-bond acceptors (Lipinski definition) is 3. The van der Waals surface area contributed by atoms with Gasteiger partial charge in [0.1, 0.15) is 0 Å². The molecule has 0 unspecified atom stereocenters. The van der Waals surface area contributed by atoms with Crippen LogP contribution in [0.3, 0.4) is 0 Å². The Bertz CT molecular complexity index is 251. The fourth-order valence-electron chi connectivity index (χ4n) is 0.632. The van der Waals surface area contributed by atoms with E-state index in [0.717, 1.165) is 0 Å². The quantitative estimate of drug-likeness (QED) is 0.619. The lowest BCUT2D eigenvalue weighted by Gasteiger charge is -1.79. The lowest BCUT2D eigenvalue weighted by Crippen LogP contribution is -1.75. The van der Waals surface area contributed by atoms with Crippen LogP contribution in [0.2, 0.25) is 0 Å². The Balaban J connectivity index is 0.000000120. The zero-order valence-corrected chi connectivity index (χ0v) is 7.10. The molecule has 0 radical (unpaired) electrons. The molecule has 0 aromatic carbocycles. The molecular formula is C7H11N5. The molecule has 2 heterocycles. The van der Waals surface area contributed by atoms with Gasteiger partial charge in [0.15, 0.2) is 5.82 Å². The van der Waals surface area contributed by atoms with E-state index in [1.807, 2.05) is 36.1 Å². The topological polar surface area (TPSA) is 59.4 Å². The summed E-state index contributed by atoms with van der Waals surface area (Å²) in [4.78, 5) is 0. The lowest BCUT2D eigenvalue weighted by atomic mass is 10.7. The van der Waals surface area contributed by atoms with Crippen molar-refractivity contribution in [3.05, 3.63) is 30.4 Å². The normalized spacial score (nSPS) is 8.83. The molecule has 0 aliphatic rings. The van der Waals surface area contributed by atoms with E-state index in [0.29, 0.717) is 5.82 Å². The SMILES string of the molecule is Cc1nn[nH]n1.Cn1cccc1. The second-order valence-corrected chi connectivity index (χ2v) is 2.31. The number of aromatic nitrogens is 5. The Morgan fingerprint density at radius 3 is 2.17 bits per heavy atom. The van der Waals surface area contributed by atoms with Gasteiger partial charge in [-0.15, -0.1) is 10.2 Å². The zero-order valence-electron chi connectivity index (χ0n) is 7.10. The highest BCUT2D eigenvalue weighted by molar-refractivity contribution is 4.88. The maximum atomic E-state index is 3.57. The molecule has 0 spiro atoms. The molecular weight excluding hydrogens is 154 g/mol. The molecule has 0 fully saturated rings. The van der Waals surface area contributed by atoms with Crippen molar-refractivity contribution in [2.45, 2.75) is 6.92 Å². The van der Waals surface area contributed by atoms with Crippen molar-refractivity contribution in [2.75, 3.05) is 0 Å². The molecule has 0 amide bonds. The molecule has 64 valence electrons. The maximum Gasteiger partial charge on any atom is 0.171 e. The molecule has 2 aromatic rings. The number of nitrogens with zero attached hydrogens (tertiary/aromatic N) is 4. The van der Waals surface area contributed by atoms with Gasteiger partial charge in [0, 0.05) is 19.4 Å². The van der Waals surface area contributed by atoms with Gasteiger partial charge in [0.05, 0.1) is 0 Å². The Labute approximate surface area is 70.4 Å². The summed E-state index contributed by atoms with van der Waals surface area (Å²) in [5.74, 6) is 0.676. The Hall–Kier alpha value is -1.65. The van der Waals surface area contributed by atoms with Crippen LogP contribution in [0.25, 0.3) is 0 Å². The van der Waals surface area contributed by atoms with Gasteiger partial charge in [-0.05, 0) is 19.1 Å². The number of rotatable bonds is 0. The van der Waals surface area contributed by atoms with Gasteiger partial charge >= 0.3 is 0 Å². The Morgan fingerprint density at radius 2 is 2.00 bits per heavy atom. The number of tetrazole rings is 1. The van der Waals surface area contributed by atoms with E-state index >= 15 is 0 Å². The first kappa shape index (κ1) is 8.45. The third kappa shape index (κ3) is 2.96. The van der Waals surface area contributed by atoms with Crippen LogP contribution in [0.1, 0.15) is 5.82 Å². The third-order valence-corrected chi connectivity index (χ3v) is 1.20. The second kappa shape index (κ2) is 4.27. The molecule has 2 rings (SSSR count). The van der Waals surface area contributed by atoms with E-state index in [1.165, 1.54) is 0 Å². The molecule has 5 nitrogen and oxygen atoms in total. The minimum Gasteiger partial charge on any atom is -0.357 e. The summed E-state index contributed by atoms with van der Waals surface area (Å²) in [5, 5.41) is 12.7. The average molecular weight is 165 g/mol. The fourth-order valence-corrected chi connectivity index (χ4v) is 0.632. The molecule has 0 saturated carbocycles. The highest BCUT2D eigenvalue weighted by atomic mass is 15.5. The van der Waals surface area contributed by atoms with E-state index in [9.17, 15) is 0 Å². The number of aryl methyl sites for hydroxylation is 2. The van der Waals surface area contributed by atoms with E-state index in [2.05, 4.69) is 20.6 Å². The van der Waals surface area contributed by atoms with E-state index < -0.39 is 0 Å². The first-order chi connectivity index (χ1) is 5.79. The summed E-state index contributed by atoms with van der Waals surface area (Å²) in [6.45, 7) is 1.77. The largest absolute Gasteiger partial charge is 0.357 e. The molecule has 0 aliphatic heterocycles. The second-order valence-electron chi connectivity index (χ2n) is 2.31. The van der Waals surface area contributed by atoms with Crippen molar-refractivity contribution < 1.29 is 0 Å². The van der Waals surface area contributed by atoms with Gasteiger partial charge in [0.25, 0.3) is 0 Å². The standard InChI is InChI=1S/C5H7N.C2H4N4/c1-6-4-2-3-5-6;1-2-3-5-6-4-2/h2-5H,1H3;1H3,(H,3,4,5,6). The van der Waals surface area contributed by atoms with Crippen LogP contribution in [0.4, 0.5) is 0 Å². The van der Waals surface area contributed by atoms with Crippen molar-refractivity contribution in [1.29, 1.82) is 0 Å². The Kier molecular flexibility index (Phi) is 3.01. The monoisotopic (exact) mass is 165 g/mol. The van der Waals surface area contributed by atoms with Crippen LogP contribution in [0.5, 0.6) is 0 Å². The zero-order chi connectivity index (χ0) is 8.81. The first-order valence-corrected chi connectivity index (χ1v) is 3.56. The van der Waals surface area contributed by atoms with Gasteiger partial charge in [-0.2, -0.15) is 5.21 Å². The molecule has 0 bridgehead atoms. The molecule has 0 aliphatic carbocycles. The maximum absolute atomic E-state index is 3.57. The van der Waals surface area contributed by atoms with Gasteiger partial charge in [-0.1, -0.05) is 5.21 Å². The lowest BCUT2D eigenvalue weighted by molar-refractivity contribution is 0.881. The van der Waals surface area contributed by atoms with Crippen LogP contribution in [-0.4, -0.2) is 25.2 Å². The summed E-state index contributed by atoms with van der Waals surface area (Å²) in [5.41, 5.74) is 0. The van der Waals surface area contributed by atoms with Gasteiger partial charge in [0.2, 0.25) is 0 Å². The van der Waals surface area contributed by atoms with Crippen molar-refractivity contribution in [1.82, 2.24) is 25.2 Å². The number of aromatic amines is 1. The summed E-state index contributed by atoms with van der Waals surface area (Å²) in [6.07, 6.45) is 4.00. The average Bonchev–Trinajstić information content (AvgIpc) is 2.63. The first-order valence-electron chi connectivity index (χ1n) is 3.56. The predicted octanol–water partition coefficient (Wildman–Crippen LogP) is 0.533. The molecule has 12 heavy (non-hydrogen) atoms. The van der Waals surface area contributed by atoms with Gasteiger partial charge < -0.3 is 4.57 Å². The smallest absolute Gasteiger partial charge is 0.171 e. The number of H-pyrrole nitrogens is 1. The predicted molar refractivity (Wildman–Crippen MR) is 44.3 cm³/mol. The van der Waals surface area contributed by atoms with Crippen LogP contribution in [0, 0.1) is 6.92 Å². The van der Waals surface area contributed by atoms with Crippen molar-refractivity contribution in [3.63, 3.8) is 0 Å². The molecule has 0 atom stereocenters. The summed E-state index contributed by atoms with van der Waals surface area (Å²) < 4.78 is 2.00. The van der Waals surface area contributed by atoms with E-state index in [1.54, 1.807) is 6.92 Å². The van der Waals surface area contributed by atoms with Crippen LogP contribution < -0.4 is 0 Å². The van der Waals surface area contributed by atoms with Crippen LogP contribution in [-0.2, 0) is 7.05 Å².